The summed E-state index contributed by atoms with van der Waals surface area (Å²) in [6.45, 7) is 8.33. The molecule has 1 amide bonds. The molecule has 0 spiro atoms. The van der Waals surface area contributed by atoms with E-state index in [2.05, 4.69) is 21.2 Å². The predicted molar refractivity (Wildman–Crippen MR) is 89.5 cm³/mol. The molecule has 0 aliphatic rings. The average molecular weight is 357 g/mol. The van der Waals surface area contributed by atoms with Gasteiger partial charge in [-0.3, -0.25) is 4.79 Å². The second kappa shape index (κ2) is 7.80. The lowest BCUT2D eigenvalue weighted by molar-refractivity contribution is -0.129. The summed E-state index contributed by atoms with van der Waals surface area (Å²) < 4.78 is 6.70. The first-order valence-corrected chi connectivity index (χ1v) is 8.06. The highest BCUT2D eigenvalue weighted by atomic mass is 79.9. The average Bonchev–Trinajstić information content (AvgIpc) is 2.42. The van der Waals surface area contributed by atoms with E-state index < -0.39 is 6.10 Å². The van der Waals surface area contributed by atoms with Crippen molar-refractivity contribution < 1.29 is 9.53 Å². The molecule has 1 rings (SSSR count). The molecule has 4 nitrogen and oxygen atoms in total. The van der Waals surface area contributed by atoms with Gasteiger partial charge in [-0.25, -0.2) is 0 Å². The van der Waals surface area contributed by atoms with Crippen molar-refractivity contribution in [3.63, 3.8) is 0 Å². The fourth-order valence-corrected chi connectivity index (χ4v) is 2.29. The van der Waals surface area contributed by atoms with Crippen LogP contribution in [0.1, 0.15) is 39.7 Å². The Morgan fingerprint density at radius 3 is 2.71 bits per heavy atom. The Hall–Kier alpha value is -1.07. The summed E-state index contributed by atoms with van der Waals surface area (Å²) in [5, 5.41) is 2.99. The Kier molecular flexibility index (Phi) is 6.68. The van der Waals surface area contributed by atoms with Crippen molar-refractivity contribution in [3.05, 3.63) is 28.2 Å². The van der Waals surface area contributed by atoms with Gasteiger partial charge in [-0.15, -0.1) is 0 Å². The van der Waals surface area contributed by atoms with Crippen molar-refractivity contribution in [1.29, 1.82) is 0 Å². The number of ether oxygens (including phenoxy) is 1. The highest BCUT2D eigenvalue weighted by Crippen LogP contribution is 2.30. The van der Waals surface area contributed by atoms with Gasteiger partial charge in [-0.05, 0) is 67.7 Å². The number of rotatable bonds is 7. The van der Waals surface area contributed by atoms with Crippen LogP contribution in [0.4, 0.5) is 0 Å². The standard InChI is InChI=1S/C16H25BrN2O2/c1-5-16(3,4)19-15(20)11(2)21-14-12(9-10-18)7-6-8-13(14)17/h6-8,11H,5,9-10,18H2,1-4H3,(H,19,20). The first-order chi connectivity index (χ1) is 9.80. The highest BCUT2D eigenvalue weighted by molar-refractivity contribution is 9.10. The third-order valence-corrected chi connectivity index (χ3v) is 4.10. The highest BCUT2D eigenvalue weighted by Gasteiger charge is 2.24. The van der Waals surface area contributed by atoms with Crippen molar-refractivity contribution in [2.75, 3.05) is 6.54 Å². The Balaban J connectivity index is 2.83. The molecule has 5 heteroatoms. The zero-order valence-electron chi connectivity index (χ0n) is 13.2. The molecule has 0 saturated heterocycles. The molecule has 0 radical (unpaired) electrons. The van der Waals surface area contributed by atoms with Gasteiger partial charge < -0.3 is 15.8 Å². The molecular formula is C16H25BrN2O2. The van der Waals surface area contributed by atoms with Crippen LogP contribution in [0, 0.1) is 0 Å². The van der Waals surface area contributed by atoms with Crippen molar-refractivity contribution in [3.8, 4) is 5.75 Å². The van der Waals surface area contributed by atoms with Crippen LogP contribution >= 0.6 is 15.9 Å². The van der Waals surface area contributed by atoms with Gasteiger partial charge in [0.1, 0.15) is 5.75 Å². The number of hydrogen-bond donors (Lipinski definition) is 2. The Morgan fingerprint density at radius 1 is 1.48 bits per heavy atom. The molecule has 0 fully saturated rings. The maximum absolute atomic E-state index is 12.2. The molecule has 1 unspecified atom stereocenters. The molecule has 0 aliphatic carbocycles. The molecule has 0 aliphatic heterocycles. The molecule has 0 saturated carbocycles. The predicted octanol–water partition coefficient (Wildman–Crippen LogP) is 3.02. The summed E-state index contributed by atoms with van der Waals surface area (Å²) in [7, 11) is 0. The number of benzene rings is 1. The van der Waals surface area contributed by atoms with E-state index in [1.165, 1.54) is 0 Å². The van der Waals surface area contributed by atoms with Crippen LogP contribution < -0.4 is 15.8 Å². The van der Waals surface area contributed by atoms with Crippen LogP contribution in [0.2, 0.25) is 0 Å². The van der Waals surface area contributed by atoms with E-state index in [1.54, 1.807) is 6.92 Å². The number of halogens is 1. The van der Waals surface area contributed by atoms with E-state index in [4.69, 9.17) is 10.5 Å². The molecule has 0 bridgehead atoms. The fourth-order valence-electron chi connectivity index (χ4n) is 1.79. The first kappa shape index (κ1) is 18.0. The van der Waals surface area contributed by atoms with Gasteiger partial charge in [0, 0.05) is 5.54 Å². The molecule has 3 N–H and O–H groups in total. The van der Waals surface area contributed by atoms with E-state index in [1.807, 2.05) is 39.0 Å². The van der Waals surface area contributed by atoms with E-state index in [-0.39, 0.29) is 11.4 Å². The number of carbonyl (C=O) groups excluding carboxylic acids is 1. The number of nitrogens with two attached hydrogens (primary N) is 1. The lowest BCUT2D eigenvalue weighted by Crippen LogP contribution is -2.48. The third kappa shape index (κ3) is 5.32. The first-order valence-electron chi connectivity index (χ1n) is 7.27. The molecule has 21 heavy (non-hydrogen) atoms. The minimum Gasteiger partial charge on any atom is -0.479 e. The van der Waals surface area contributed by atoms with Crippen molar-refractivity contribution in [1.82, 2.24) is 5.32 Å². The zero-order valence-corrected chi connectivity index (χ0v) is 14.8. The van der Waals surface area contributed by atoms with Gasteiger partial charge in [0.2, 0.25) is 0 Å². The summed E-state index contributed by atoms with van der Waals surface area (Å²) in [6.07, 6.45) is 1.01. The molecule has 1 atom stereocenters. The van der Waals surface area contributed by atoms with Gasteiger partial charge >= 0.3 is 0 Å². The van der Waals surface area contributed by atoms with E-state index in [0.29, 0.717) is 18.7 Å². The van der Waals surface area contributed by atoms with Crippen LogP contribution in [-0.2, 0) is 11.2 Å². The maximum atomic E-state index is 12.2. The smallest absolute Gasteiger partial charge is 0.261 e. The second-order valence-electron chi connectivity index (χ2n) is 5.75. The normalized spacial score (nSPS) is 12.9. The topological polar surface area (TPSA) is 64.3 Å². The summed E-state index contributed by atoms with van der Waals surface area (Å²) in [5.41, 5.74) is 6.39. The van der Waals surface area contributed by atoms with Crippen molar-refractivity contribution >= 4 is 21.8 Å². The van der Waals surface area contributed by atoms with Crippen LogP contribution in [0.5, 0.6) is 5.75 Å². The molecule has 0 heterocycles. The molecular weight excluding hydrogens is 332 g/mol. The van der Waals surface area contributed by atoms with Crippen LogP contribution in [0.15, 0.2) is 22.7 Å². The SMILES string of the molecule is CCC(C)(C)NC(=O)C(C)Oc1c(Br)cccc1CCN. The van der Waals surface area contributed by atoms with E-state index in [0.717, 1.165) is 16.5 Å². The Morgan fingerprint density at radius 2 is 2.14 bits per heavy atom. The van der Waals surface area contributed by atoms with E-state index >= 15 is 0 Å². The molecule has 118 valence electrons. The Bertz CT molecular complexity index is 489. The number of hydrogen-bond acceptors (Lipinski definition) is 3. The molecule has 0 aromatic heterocycles. The monoisotopic (exact) mass is 356 g/mol. The number of amides is 1. The maximum Gasteiger partial charge on any atom is 0.261 e. The number of para-hydroxylation sites is 1. The van der Waals surface area contributed by atoms with Crippen LogP contribution in [0.3, 0.4) is 0 Å². The lowest BCUT2D eigenvalue weighted by Gasteiger charge is -2.27. The molecule has 1 aromatic carbocycles. The third-order valence-electron chi connectivity index (χ3n) is 3.47. The minimum atomic E-state index is -0.564. The largest absolute Gasteiger partial charge is 0.479 e. The summed E-state index contributed by atoms with van der Waals surface area (Å²) in [6, 6.07) is 5.80. The zero-order chi connectivity index (χ0) is 16.0. The summed E-state index contributed by atoms with van der Waals surface area (Å²) in [5.74, 6) is 0.580. The summed E-state index contributed by atoms with van der Waals surface area (Å²) >= 11 is 3.47. The van der Waals surface area contributed by atoms with Crippen LogP contribution in [-0.4, -0.2) is 24.1 Å². The number of nitrogens with one attached hydrogen (secondary N) is 1. The van der Waals surface area contributed by atoms with Gasteiger partial charge in [-0.1, -0.05) is 19.1 Å². The minimum absolute atomic E-state index is 0.115. The van der Waals surface area contributed by atoms with Gasteiger partial charge in [0.05, 0.1) is 4.47 Å². The number of carbonyl (C=O) groups is 1. The van der Waals surface area contributed by atoms with Crippen molar-refractivity contribution in [2.24, 2.45) is 5.73 Å². The van der Waals surface area contributed by atoms with Gasteiger partial charge in [0.15, 0.2) is 6.10 Å². The van der Waals surface area contributed by atoms with Gasteiger partial charge in [-0.2, -0.15) is 0 Å². The van der Waals surface area contributed by atoms with Crippen molar-refractivity contribution in [2.45, 2.75) is 52.2 Å². The second-order valence-corrected chi connectivity index (χ2v) is 6.61. The van der Waals surface area contributed by atoms with Crippen LogP contribution in [0.25, 0.3) is 0 Å². The Labute approximate surface area is 135 Å². The summed E-state index contributed by atoms with van der Waals surface area (Å²) in [4.78, 5) is 12.2. The fraction of sp³-hybridized carbons (Fsp3) is 0.562. The van der Waals surface area contributed by atoms with E-state index in [9.17, 15) is 4.79 Å². The molecule has 1 aromatic rings. The quantitative estimate of drug-likeness (QED) is 0.789. The van der Waals surface area contributed by atoms with Gasteiger partial charge in [0.25, 0.3) is 5.91 Å². The lowest BCUT2D eigenvalue weighted by atomic mass is 10.0.